The number of hydrogen-bond donors (Lipinski definition) is 2. The molecule has 1 heterocycles. The van der Waals surface area contributed by atoms with Crippen LogP contribution in [-0.2, 0) is 30.9 Å². The van der Waals surface area contributed by atoms with Crippen molar-refractivity contribution >= 4 is 21.8 Å². The normalized spacial score (nSPS) is 15.4. The summed E-state index contributed by atoms with van der Waals surface area (Å²) in [4.78, 5) is 23.5. The summed E-state index contributed by atoms with van der Waals surface area (Å²) in [6.07, 6.45) is 2.83. The molecule has 0 saturated carbocycles. The van der Waals surface area contributed by atoms with Gasteiger partial charge in [-0.3, -0.25) is 9.59 Å². The van der Waals surface area contributed by atoms with E-state index in [1.807, 2.05) is 0 Å². The van der Waals surface area contributed by atoms with Gasteiger partial charge in [-0.25, -0.2) is 8.42 Å². The summed E-state index contributed by atoms with van der Waals surface area (Å²) >= 11 is 0. The molecule has 2 N–H and O–H groups in total. The van der Waals surface area contributed by atoms with Gasteiger partial charge in [-0.15, -0.1) is 0 Å². The molecule has 2 amide bonds. The lowest BCUT2D eigenvalue weighted by molar-refractivity contribution is -0.139. The van der Waals surface area contributed by atoms with Gasteiger partial charge in [0.25, 0.3) is 0 Å². The molecule has 1 aliphatic rings. The van der Waals surface area contributed by atoms with E-state index < -0.39 is 21.8 Å². The number of benzene rings is 1. The molecule has 0 unspecified atom stereocenters. The average molecular weight is 383 g/mol. The predicted octanol–water partition coefficient (Wildman–Crippen LogP) is 0.240. The fraction of sp³-hybridized carbons (Fsp3) is 0.529. The molecule has 2 rings (SSSR count). The maximum absolute atomic E-state index is 12.6. The van der Waals surface area contributed by atoms with Gasteiger partial charge in [-0.05, 0) is 30.5 Å². The largest absolute Gasteiger partial charge is 0.383 e. The van der Waals surface area contributed by atoms with Crippen LogP contribution in [0.1, 0.15) is 24.8 Å². The molecule has 0 aromatic heterocycles. The molecular weight excluding hydrogens is 358 g/mol. The third-order valence-corrected chi connectivity index (χ3v) is 6.04. The third kappa shape index (κ3) is 5.52. The number of carbonyl (C=O) groups is 2. The minimum atomic E-state index is -3.47. The van der Waals surface area contributed by atoms with E-state index in [9.17, 15) is 18.0 Å². The Kier molecular flexibility index (Phi) is 7.55. The predicted molar refractivity (Wildman–Crippen MR) is 95.8 cm³/mol. The highest BCUT2D eigenvalue weighted by molar-refractivity contribution is 7.89. The van der Waals surface area contributed by atoms with Gasteiger partial charge in [0, 0.05) is 33.3 Å². The second-order valence-electron chi connectivity index (χ2n) is 6.04. The molecule has 0 atom stereocenters. The average Bonchev–Trinajstić information content (AvgIpc) is 2.67. The van der Waals surface area contributed by atoms with E-state index in [0.717, 1.165) is 19.3 Å². The van der Waals surface area contributed by atoms with Crippen LogP contribution >= 0.6 is 0 Å². The van der Waals surface area contributed by atoms with Gasteiger partial charge in [0.1, 0.15) is 0 Å². The van der Waals surface area contributed by atoms with Crippen molar-refractivity contribution in [3.05, 3.63) is 29.8 Å². The van der Waals surface area contributed by atoms with Gasteiger partial charge < -0.3 is 15.4 Å². The molecule has 0 radical (unpaired) electrons. The number of amides is 2. The summed E-state index contributed by atoms with van der Waals surface area (Å²) in [5.74, 6) is -1.47. The van der Waals surface area contributed by atoms with Gasteiger partial charge in [-0.1, -0.05) is 18.6 Å². The minimum Gasteiger partial charge on any atom is -0.383 e. The minimum absolute atomic E-state index is 0.139. The van der Waals surface area contributed by atoms with Crippen LogP contribution in [0, 0.1) is 0 Å². The van der Waals surface area contributed by atoms with E-state index in [2.05, 4.69) is 10.6 Å². The van der Waals surface area contributed by atoms with Crippen molar-refractivity contribution in [2.24, 2.45) is 0 Å². The van der Waals surface area contributed by atoms with Crippen molar-refractivity contribution in [2.45, 2.75) is 30.7 Å². The number of ether oxygens (including phenoxy) is 1. The molecule has 1 aromatic rings. The number of hydrogen-bond acceptors (Lipinski definition) is 5. The van der Waals surface area contributed by atoms with Gasteiger partial charge in [0.05, 0.1) is 11.5 Å². The zero-order chi connectivity index (χ0) is 19.0. The Hall–Kier alpha value is -1.97. The van der Waals surface area contributed by atoms with E-state index >= 15 is 0 Å². The van der Waals surface area contributed by atoms with E-state index in [1.165, 1.54) is 23.5 Å². The number of piperidine rings is 1. The van der Waals surface area contributed by atoms with Crippen LogP contribution in [0.3, 0.4) is 0 Å². The molecule has 1 saturated heterocycles. The topological polar surface area (TPSA) is 105 Å². The van der Waals surface area contributed by atoms with Gasteiger partial charge >= 0.3 is 11.8 Å². The molecular formula is C17H25N3O5S. The first-order chi connectivity index (χ1) is 12.4. The van der Waals surface area contributed by atoms with Crippen LogP contribution in [0.4, 0.5) is 0 Å². The maximum Gasteiger partial charge on any atom is 0.309 e. The number of rotatable bonds is 7. The number of sulfonamides is 1. The third-order valence-electron chi connectivity index (χ3n) is 4.13. The molecule has 1 fully saturated rings. The van der Waals surface area contributed by atoms with Crippen LogP contribution < -0.4 is 10.6 Å². The zero-order valence-electron chi connectivity index (χ0n) is 14.9. The standard InChI is InChI=1S/C17H25N3O5S/c1-25-12-9-18-16(21)17(22)19-13-14-5-7-15(8-6-14)26(23,24)20-10-3-2-4-11-20/h5-8H,2-4,9-13H2,1H3,(H,18,21)(H,19,22). The lowest BCUT2D eigenvalue weighted by Crippen LogP contribution is -2.40. The fourth-order valence-electron chi connectivity index (χ4n) is 2.64. The Balaban J connectivity index is 1.89. The summed E-state index contributed by atoms with van der Waals surface area (Å²) in [5, 5.41) is 4.92. The molecule has 1 aromatic carbocycles. The Bertz CT molecular complexity index is 712. The fourth-order valence-corrected chi connectivity index (χ4v) is 4.16. The number of nitrogens with one attached hydrogen (secondary N) is 2. The maximum atomic E-state index is 12.6. The van der Waals surface area contributed by atoms with Gasteiger partial charge in [0.2, 0.25) is 10.0 Å². The van der Waals surface area contributed by atoms with Crippen molar-refractivity contribution < 1.29 is 22.7 Å². The van der Waals surface area contributed by atoms with Gasteiger partial charge in [0.15, 0.2) is 0 Å². The van der Waals surface area contributed by atoms with Crippen LogP contribution in [-0.4, -0.2) is 57.9 Å². The molecule has 8 nitrogen and oxygen atoms in total. The molecule has 0 aliphatic carbocycles. The lowest BCUT2D eigenvalue weighted by atomic mass is 10.2. The molecule has 1 aliphatic heterocycles. The monoisotopic (exact) mass is 383 g/mol. The Morgan fingerprint density at radius 3 is 2.27 bits per heavy atom. The van der Waals surface area contributed by atoms with Crippen molar-refractivity contribution in [3.8, 4) is 0 Å². The SMILES string of the molecule is COCCNC(=O)C(=O)NCc1ccc(S(=O)(=O)N2CCCCC2)cc1. The second-order valence-corrected chi connectivity index (χ2v) is 7.98. The summed E-state index contributed by atoms with van der Waals surface area (Å²) in [7, 11) is -1.96. The van der Waals surface area contributed by atoms with Crippen LogP contribution in [0.5, 0.6) is 0 Å². The molecule has 26 heavy (non-hydrogen) atoms. The van der Waals surface area contributed by atoms with Crippen molar-refractivity contribution in [1.82, 2.24) is 14.9 Å². The molecule has 0 spiro atoms. The lowest BCUT2D eigenvalue weighted by Gasteiger charge is -2.25. The highest BCUT2D eigenvalue weighted by atomic mass is 32.2. The van der Waals surface area contributed by atoms with E-state index in [-0.39, 0.29) is 18.0 Å². The zero-order valence-corrected chi connectivity index (χ0v) is 15.7. The smallest absolute Gasteiger partial charge is 0.309 e. The molecule has 0 bridgehead atoms. The van der Waals surface area contributed by atoms with Gasteiger partial charge in [-0.2, -0.15) is 4.31 Å². The summed E-state index contributed by atoms with van der Waals surface area (Å²) in [6, 6.07) is 6.34. The van der Waals surface area contributed by atoms with Crippen LogP contribution in [0.2, 0.25) is 0 Å². The highest BCUT2D eigenvalue weighted by Gasteiger charge is 2.25. The highest BCUT2D eigenvalue weighted by Crippen LogP contribution is 2.20. The summed E-state index contributed by atoms with van der Waals surface area (Å²) < 4.78 is 31.4. The molecule has 9 heteroatoms. The Morgan fingerprint density at radius 2 is 1.65 bits per heavy atom. The Morgan fingerprint density at radius 1 is 1.04 bits per heavy atom. The first-order valence-corrected chi connectivity index (χ1v) is 10.0. The summed E-state index contributed by atoms with van der Waals surface area (Å²) in [6.45, 7) is 1.83. The molecule has 144 valence electrons. The number of methoxy groups -OCH3 is 1. The number of carbonyl (C=O) groups excluding carboxylic acids is 2. The summed E-state index contributed by atoms with van der Waals surface area (Å²) in [5.41, 5.74) is 0.709. The van der Waals surface area contributed by atoms with E-state index in [1.54, 1.807) is 12.1 Å². The van der Waals surface area contributed by atoms with E-state index in [4.69, 9.17) is 4.74 Å². The second kappa shape index (κ2) is 9.65. The quantitative estimate of drug-likeness (QED) is 0.518. The first kappa shape index (κ1) is 20.3. The Labute approximate surface area is 153 Å². The van der Waals surface area contributed by atoms with Crippen LogP contribution in [0.15, 0.2) is 29.2 Å². The van der Waals surface area contributed by atoms with Crippen LogP contribution in [0.25, 0.3) is 0 Å². The van der Waals surface area contributed by atoms with Crippen molar-refractivity contribution in [2.75, 3.05) is 33.4 Å². The van der Waals surface area contributed by atoms with Crippen molar-refractivity contribution in [1.29, 1.82) is 0 Å². The van der Waals surface area contributed by atoms with E-state index in [0.29, 0.717) is 25.3 Å². The first-order valence-electron chi connectivity index (χ1n) is 8.59. The number of nitrogens with zero attached hydrogens (tertiary/aromatic N) is 1. The van der Waals surface area contributed by atoms with Crippen molar-refractivity contribution in [3.63, 3.8) is 0 Å².